The topological polar surface area (TPSA) is 173 Å². The van der Waals surface area contributed by atoms with Gasteiger partial charge in [-0.3, -0.25) is 9.78 Å². The first-order valence-corrected chi connectivity index (χ1v) is 15.1. The summed E-state index contributed by atoms with van der Waals surface area (Å²) in [7, 11) is 1.27. The van der Waals surface area contributed by atoms with Gasteiger partial charge in [-0.05, 0) is 65.4 Å². The second-order valence-electron chi connectivity index (χ2n) is 12.4. The Hall–Kier alpha value is -4.53. The number of rotatable bonds is 11. The molecule has 3 aromatic heterocycles. The van der Waals surface area contributed by atoms with Gasteiger partial charge >= 0.3 is 12.0 Å². The zero-order valence-electron chi connectivity index (χ0n) is 25.9. The quantitative estimate of drug-likeness (QED) is 0.199. The number of amides is 3. The fraction of sp³-hybridized carbons (Fsp3) is 0.533. The van der Waals surface area contributed by atoms with Gasteiger partial charge in [0.1, 0.15) is 5.82 Å². The van der Waals surface area contributed by atoms with Crippen LogP contribution in [0.5, 0.6) is 0 Å². The molecule has 45 heavy (non-hydrogen) atoms. The fourth-order valence-electron chi connectivity index (χ4n) is 5.03. The van der Waals surface area contributed by atoms with E-state index in [9.17, 15) is 18.8 Å². The maximum atomic E-state index is 14.1. The Bertz CT molecular complexity index is 1530. The van der Waals surface area contributed by atoms with Crippen molar-refractivity contribution >= 4 is 40.7 Å². The molecule has 15 heteroatoms. The Balaban J connectivity index is 1.21. The van der Waals surface area contributed by atoms with E-state index in [0.717, 1.165) is 37.6 Å². The maximum Gasteiger partial charge on any atom is 0.330 e. The van der Waals surface area contributed by atoms with E-state index in [1.54, 1.807) is 0 Å². The van der Waals surface area contributed by atoms with E-state index in [1.165, 1.54) is 30.1 Å². The Morgan fingerprint density at radius 1 is 1.02 bits per heavy atom. The first-order valence-electron chi connectivity index (χ1n) is 15.1. The number of ether oxygens (including phenoxy) is 2. The molecule has 3 aromatic rings. The lowest BCUT2D eigenvalue weighted by atomic mass is 9.91. The molecule has 5 N–H and O–H groups in total. The van der Waals surface area contributed by atoms with E-state index in [0.29, 0.717) is 30.3 Å². The van der Waals surface area contributed by atoms with Gasteiger partial charge in [0.05, 0.1) is 43.1 Å². The van der Waals surface area contributed by atoms with Crippen molar-refractivity contribution < 1.29 is 28.2 Å². The predicted octanol–water partition coefficient (Wildman–Crippen LogP) is 3.47. The van der Waals surface area contributed by atoms with E-state index in [1.807, 2.05) is 26.8 Å². The second-order valence-corrected chi connectivity index (χ2v) is 12.4. The highest BCUT2D eigenvalue weighted by Gasteiger charge is 2.29. The molecule has 0 radical (unpaired) electrons. The maximum absolute atomic E-state index is 14.1. The molecule has 242 valence electrons. The zero-order valence-corrected chi connectivity index (χ0v) is 25.9. The van der Waals surface area contributed by atoms with Crippen LogP contribution in [0.15, 0.2) is 30.7 Å². The van der Waals surface area contributed by atoms with Crippen LogP contribution in [0.1, 0.15) is 69.8 Å². The third-order valence-electron chi connectivity index (χ3n) is 7.55. The number of hydrogen-bond donors (Lipinski definition) is 5. The number of carbonyl (C=O) groups is 3. The summed E-state index contributed by atoms with van der Waals surface area (Å²) in [5, 5.41) is 19.8. The normalized spacial score (nSPS) is 19.0. The summed E-state index contributed by atoms with van der Waals surface area (Å²) in [6.07, 6.45) is 8.84. The number of hydrogen-bond acceptors (Lipinski definition) is 10. The number of anilines is 3. The van der Waals surface area contributed by atoms with Crippen LogP contribution in [0, 0.1) is 5.82 Å². The van der Waals surface area contributed by atoms with Crippen molar-refractivity contribution in [3.05, 3.63) is 42.2 Å². The summed E-state index contributed by atoms with van der Waals surface area (Å²) < 4.78 is 26.1. The Morgan fingerprint density at radius 2 is 1.71 bits per heavy atom. The molecule has 3 heterocycles. The monoisotopic (exact) mass is 625 g/mol. The predicted molar refractivity (Wildman–Crippen MR) is 165 cm³/mol. The van der Waals surface area contributed by atoms with Crippen molar-refractivity contribution in [3.63, 3.8) is 0 Å². The van der Waals surface area contributed by atoms with Gasteiger partial charge in [0, 0.05) is 30.4 Å². The van der Waals surface area contributed by atoms with Gasteiger partial charge in [-0.1, -0.05) is 0 Å². The van der Waals surface area contributed by atoms with Crippen molar-refractivity contribution in [1.82, 2.24) is 30.2 Å². The van der Waals surface area contributed by atoms with Gasteiger partial charge in [0.2, 0.25) is 0 Å². The Kier molecular flexibility index (Phi) is 9.65. The van der Waals surface area contributed by atoms with Crippen LogP contribution in [0.2, 0.25) is 0 Å². The van der Waals surface area contributed by atoms with Crippen molar-refractivity contribution in [2.45, 2.75) is 89.1 Å². The lowest BCUT2D eigenvalue weighted by molar-refractivity contribution is -0.146. The number of urea groups is 1. The van der Waals surface area contributed by atoms with Gasteiger partial charge in [-0.15, -0.1) is 5.10 Å². The van der Waals surface area contributed by atoms with Gasteiger partial charge in [-0.2, -0.15) is 0 Å². The standard InChI is InChI=1S/C30H40FN9O5/c1-30(2,3)45-16-23(28(42)44-4)38-29(43)36-19-9-7-18(8-10-19)35-25-13-22(34-17-5-6-17)26-33-15-24(40(26)39-25)27(41)37-21-11-12-32-14-20(21)31/h11-15,17-19,23,34H,5-10,16H2,1-4H3,(H,35,39)(H,32,37,41)(H2,36,38,43)/t18-,19-,23-/m0/s1. The summed E-state index contributed by atoms with van der Waals surface area (Å²) in [6.45, 7) is 5.59. The molecule has 0 aliphatic heterocycles. The number of fused-ring (bicyclic) bond motifs is 1. The van der Waals surface area contributed by atoms with Crippen LogP contribution >= 0.6 is 0 Å². The largest absolute Gasteiger partial charge is 0.467 e. The van der Waals surface area contributed by atoms with Gasteiger partial charge in [0.15, 0.2) is 23.2 Å². The lowest BCUT2D eigenvalue weighted by Crippen LogP contribution is -2.52. The Morgan fingerprint density at radius 3 is 2.38 bits per heavy atom. The summed E-state index contributed by atoms with van der Waals surface area (Å²) in [5.74, 6) is -1.22. The molecular weight excluding hydrogens is 585 g/mol. The van der Waals surface area contributed by atoms with Gasteiger partial charge in [-0.25, -0.2) is 23.5 Å². The van der Waals surface area contributed by atoms with Crippen molar-refractivity contribution in [2.24, 2.45) is 0 Å². The van der Waals surface area contributed by atoms with Crippen LogP contribution in [0.25, 0.3) is 5.65 Å². The summed E-state index contributed by atoms with van der Waals surface area (Å²) >= 11 is 0. The summed E-state index contributed by atoms with van der Waals surface area (Å²) in [5.41, 5.74) is 0.918. The van der Waals surface area contributed by atoms with Gasteiger partial charge in [0.25, 0.3) is 5.91 Å². The molecule has 2 aliphatic rings. The highest BCUT2D eigenvalue weighted by atomic mass is 19.1. The average molecular weight is 626 g/mol. The van der Waals surface area contributed by atoms with Crippen LogP contribution in [-0.2, 0) is 14.3 Å². The zero-order chi connectivity index (χ0) is 32.1. The number of nitrogens with zero attached hydrogens (tertiary/aromatic N) is 4. The second kappa shape index (κ2) is 13.6. The summed E-state index contributed by atoms with van der Waals surface area (Å²) in [6, 6.07) is 2.20. The van der Waals surface area contributed by atoms with Crippen molar-refractivity contribution in [2.75, 3.05) is 29.7 Å². The molecule has 0 saturated heterocycles. The smallest absolute Gasteiger partial charge is 0.330 e. The van der Waals surface area contributed by atoms with Gasteiger partial charge < -0.3 is 36.1 Å². The molecule has 0 bridgehead atoms. The molecule has 5 rings (SSSR count). The molecule has 1 atom stereocenters. The van der Waals surface area contributed by atoms with Crippen LogP contribution < -0.4 is 26.6 Å². The highest BCUT2D eigenvalue weighted by molar-refractivity contribution is 6.03. The number of aromatic nitrogens is 4. The third kappa shape index (κ3) is 8.56. The minimum atomic E-state index is -0.925. The first kappa shape index (κ1) is 31.9. The van der Waals surface area contributed by atoms with Crippen LogP contribution in [-0.4, -0.2) is 81.0 Å². The number of nitrogens with one attached hydrogen (secondary N) is 5. The summed E-state index contributed by atoms with van der Waals surface area (Å²) in [4.78, 5) is 46.1. The van der Waals surface area contributed by atoms with Crippen molar-refractivity contribution in [1.29, 1.82) is 0 Å². The van der Waals surface area contributed by atoms with E-state index in [4.69, 9.17) is 9.47 Å². The molecule has 0 spiro atoms. The van der Waals surface area contributed by atoms with E-state index < -0.39 is 35.4 Å². The molecule has 3 amide bonds. The molecular formula is C30H40FN9O5. The fourth-order valence-corrected chi connectivity index (χ4v) is 5.03. The van der Waals surface area contributed by atoms with E-state index in [-0.39, 0.29) is 30.1 Å². The van der Waals surface area contributed by atoms with Crippen molar-refractivity contribution in [3.8, 4) is 0 Å². The molecule has 2 aliphatic carbocycles. The minimum absolute atomic E-state index is 0.00387. The number of halogens is 1. The average Bonchev–Trinajstić information content (AvgIpc) is 3.71. The SMILES string of the molecule is COC(=O)[C@H](COC(C)(C)C)NC(=O)N[C@H]1CC[C@H](Nc2cc(NC3CC3)c3ncc(C(=O)Nc4ccncc4F)n3n2)CC1. The highest BCUT2D eigenvalue weighted by Crippen LogP contribution is 2.30. The molecule has 2 fully saturated rings. The number of pyridine rings is 1. The third-order valence-corrected chi connectivity index (χ3v) is 7.55. The van der Waals surface area contributed by atoms with E-state index >= 15 is 0 Å². The molecule has 2 saturated carbocycles. The molecule has 0 aromatic carbocycles. The first-order chi connectivity index (χ1) is 21.5. The molecule has 14 nitrogen and oxygen atoms in total. The number of methoxy groups -OCH3 is 1. The van der Waals surface area contributed by atoms with E-state index in [2.05, 4.69) is 41.7 Å². The number of imidazole rings is 1. The minimum Gasteiger partial charge on any atom is -0.467 e. The molecule has 0 unspecified atom stereocenters. The Labute approximate surface area is 260 Å². The van der Waals surface area contributed by atoms with Crippen LogP contribution in [0.4, 0.5) is 26.4 Å². The van der Waals surface area contributed by atoms with Crippen LogP contribution in [0.3, 0.4) is 0 Å². The number of carbonyl (C=O) groups excluding carboxylic acids is 3. The number of esters is 1. The lowest BCUT2D eigenvalue weighted by Gasteiger charge is -2.30.